The van der Waals surface area contributed by atoms with Gasteiger partial charge in [0.15, 0.2) is 11.5 Å². The third-order valence-corrected chi connectivity index (χ3v) is 6.12. The van der Waals surface area contributed by atoms with E-state index in [1.807, 2.05) is 36.0 Å². The van der Waals surface area contributed by atoms with Crippen LogP contribution in [0, 0.1) is 6.92 Å². The number of rotatable bonds is 7. The first kappa shape index (κ1) is 20.3. The van der Waals surface area contributed by atoms with Crippen molar-refractivity contribution in [2.75, 3.05) is 25.7 Å². The van der Waals surface area contributed by atoms with Gasteiger partial charge in [0.2, 0.25) is 0 Å². The Hall–Kier alpha value is -2.41. The SMILES string of the molecule is COc1ccc(CCn2ccc(C)c(C(=O)NC3CCSC3)c2=O)cc1OC. The highest BCUT2D eigenvalue weighted by molar-refractivity contribution is 7.99. The highest BCUT2D eigenvalue weighted by atomic mass is 32.2. The monoisotopic (exact) mass is 402 g/mol. The summed E-state index contributed by atoms with van der Waals surface area (Å²) in [5.74, 6) is 3.02. The summed E-state index contributed by atoms with van der Waals surface area (Å²) < 4.78 is 12.2. The Labute approximate surface area is 169 Å². The van der Waals surface area contributed by atoms with Gasteiger partial charge in [0.1, 0.15) is 5.56 Å². The summed E-state index contributed by atoms with van der Waals surface area (Å²) in [7, 11) is 3.19. The normalized spacial score (nSPS) is 16.0. The van der Waals surface area contributed by atoms with Crippen LogP contribution in [0.5, 0.6) is 11.5 Å². The Morgan fingerprint density at radius 1 is 1.25 bits per heavy atom. The summed E-state index contributed by atoms with van der Waals surface area (Å²) in [4.78, 5) is 25.6. The van der Waals surface area contributed by atoms with Crippen LogP contribution in [-0.2, 0) is 13.0 Å². The first-order valence-electron chi connectivity index (χ1n) is 9.33. The fourth-order valence-electron chi connectivity index (χ4n) is 3.31. The number of methoxy groups -OCH3 is 2. The second-order valence-corrected chi connectivity index (χ2v) is 8.00. The van der Waals surface area contributed by atoms with E-state index in [-0.39, 0.29) is 23.1 Å². The van der Waals surface area contributed by atoms with E-state index in [4.69, 9.17) is 9.47 Å². The quantitative estimate of drug-likeness (QED) is 0.771. The summed E-state index contributed by atoms with van der Waals surface area (Å²) in [5, 5.41) is 3.00. The number of hydrogen-bond acceptors (Lipinski definition) is 5. The molecule has 1 aliphatic rings. The van der Waals surface area contributed by atoms with Gasteiger partial charge in [-0.05, 0) is 54.8 Å². The van der Waals surface area contributed by atoms with Crippen LogP contribution in [0.1, 0.15) is 27.9 Å². The molecule has 1 atom stereocenters. The number of nitrogens with zero attached hydrogens (tertiary/aromatic N) is 1. The van der Waals surface area contributed by atoms with Crippen LogP contribution in [0.25, 0.3) is 0 Å². The first-order chi connectivity index (χ1) is 13.5. The van der Waals surface area contributed by atoms with Gasteiger partial charge in [-0.1, -0.05) is 6.07 Å². The van der Waals surface area contributed by atoms with Crippen molar-refractivity contribution in [1.29, 1.82) is 0 Å². The molecule has 0 saturated carbocycles. The van der Waals surface area contributed by atoms with Crippen molar-refractivity contribution in [1.82, 2.24) is 9.88 Å². The molecule has 0 aliphatic carbocycles. The molecule has 150 valence electrons. The highest BCUT2D eigenvalue weighted by Gasteiger charge is 2.22. The number of amides is 1. The molecule has 1 amide bonds. The molecule has 1 aromatic heterocycles. The van der Waals surface area contributed by atoms with Gasteiger partial charge in [0, 0.05) is 24.5 Å². The molecule has 1 N–H and O–H groups in total. The standard InChI is InChI=1S/C21H26N2O4S/c1-14-6-9-23(10-7-15-4-5-17(26-2)18(12-15)27-3)21(25)19(14)20(24)22-16-8-11-28-13-16/h4-6,9,12,16H,7-8,10-11,13H2,1-3H3,(H,22,24). The zero-order valence-corrected chi connectivity index (χ0v) is 17.3. The number of ether oxygens (including phenoxy) is 2. The summed E-state index contributed by atoms with van der Waals surface area (Å²) in [6.07, 6.45) is 3.35. The van der Waals surface area contributed by atoms with Crippen LogP contribution < -0.4 is 20.3 Å². The number of carbonyl (C=O) groups excluding carboxylic acids is 1. The molecule has 1 unspecified atom stereocenters. The number of thioether (sulfide) groups is 1. The van der Waals surface area contributed by atoms with Crippen molar-refractivity contribution >= 4 is 17.7 Å². The average molecular weight is 403 g/mol. The summed E-state index contributed by atoms with van der Waals surface area (Å²) in [6, 6.07) is 7.69. The zero-order valence-electron chi connectivity index (χ0n) is 16.5. The third-order valence-electron chi connectivity index (χ3n) is 4.95. The molecule has 2 aromatic rings. The molecule has 0 bridgehead atoms. The summed E-state index contributed by atoms with van der Waals surface area (Å²) in [6.45, 7) is 2.28. The van der Waals surface area contributed by atoms with E-state index in [9.17, 15) is 9.59 Å². The fourth-order valence-corrected chi connectivity index (χ4v) is 4.46. The topological polar surface area (TPSA) is 69.6 Å². The lowest BCUT2D eigenvalue weighted by Gasteiger charge is -2.14. The maximum absolute atomic E-state index is 12.9. The van der Waals surface area contributed by atoms with E-state index in [1.165, 1.54) is 0 Å². The second kappa shape index (κ2) is 9.19. The summed E-state index contributed by atoms with van der Waals surface area (Å²) in [5.41, 5.74) is 1.73. The van der Waals surface area contributed by atoms with Gasteiger partial charge in [-0.3, -0.25) is 9.59 Å². The Morgan fingerprint density at radius 2 is 2.04 bits per heavy atom. The maximum Gasteiger partial charge on any atom is 0.263 e. The van der Waals surface area contributed by atoms with Gasteiger partial charge >= 0.3 is 0 Å². The van der Waals surface area contributed by atoms with Gasteiger partial charge in [0.05, 0.1) is 14.2 Å². The van der Waals surface area contributed by atoms with Crippen LogP contribution in [0.2, 0.25) is 0 Å². The number of nitrogens with one attached hydrogen (secondary N) is 1. The molecule has 1 saturated heterocycles. The Balaban J connectivity index is 1.76. The third kappa shape index (κ3) is 4.52. The molecule has 1 fully saturated rings. The molecule has 1 aromatic carbocycles. The van der Waals surface area contributed by atoms with Gasteiger partial charge in [-0.15, -0.1) is 0 Å². The molecular weight excluding hydrogens is 376 g/mol. The lowest BCUT2D eigenvalue weighted by atomic mass is 10.1. The van der Waals surface area contributed by atoms with E-state index in [0.717, 1.165) is 23.5 Å². The number of hydrogen-bond donors (Lipinski definition) is 1. The predicted molar refractivity (Wildman–Crippen MR) is 112 cm³/mol. The van der Waals surface area contributed by atoms with Crippen molar-refractivity contribution in [2.45, 2.75) is 32.4 Å². The average Bonchev–Trinajstić information content (AvgIpc) is 3.20. The van der Waals surface area contributed by atoms with Crippen molar-refractivity contribution in [3.8, 4) is 11.5 Å². The Kier molecular flexibility index (Phi) is 6.67. The van der Waals surface area contributed by atoms with Gasteiger partial charge in [-0.25, -0.2) is 0 Å². The van der Waals surface area contributed by atoms with E-state index < -0.39 is 0 Å². The van der Waals surface area contributed by atoms with Crippen LogP contribution in [-0.4, -0.2) is 42.2 Å². The highest BCUT2D eigenvalue weighted by Crippen LogP contribution is 2.27. The lowest BCUT2D eigenvalue weighted by molar-refractivity contribution is 0.0938. The minimum atomic E-state index is -0.268. The number of aryl methyl sites for hydroxylation is 3. The van der Waals surface area contributed by atoms with E-state index >= 15 is 0 Å². The van der Waals surface area contributed by atoms with Crippen LogP contribution >= 0.6 is 11.8 Å². The van der Waals surface area contributed by atoms with E-state index in [2.05, 4.69) is 5.32 Å². The Bertz CT molecular complexity index is 904. The van der Waals surface area contributed by atoms with Crippen molar-refractivity contribution in [3.63, 3.8) is 0 Å². The molecule has 7 heteroatoms. The fraction of sp³-hybridized carbons (Fsp3) is 0.429. The number of benzene rings is 1. The lowest BCUT2D eigenvalue weighted by Crippen LogP contribution is -2.39. The van der Waals surface area contributed by atoms with E-state index in [0.29, 0.717) is 30.0 Å². The van der Waals surface area contributed by atoms with Crippen molar-refractivity contribution < 1.29 is 14.3 Å². The minimum Gasteiger partial charge on any atom is -0.493 e. The molecular formula is C21H26N2O4S. The van der Waals surface area contributed by atoms with Crippen molar-refractivity contribution in [2.24, 2.45) is 0 Å². The second-order valence-electron chi connectivity index (χ2n) is 6.85. The Morgan fingerprint density at radius 3 is 2.71 bits per heavy atom. The zero-order chi connectivity index (χ0) is 20.1. The molecule has 3 rings (SSSR count). The van der Waals surface area contributed by atoms with Crippen molar-refractivity contribution in [3.05, 3.63) is 57.5 Å². The van der Waals surface area contributed by atoms with Gasteiger partial charge in [-0.2, -0.15) is 11.8 Å². The van der Waals surface area contributed by atoms with Gasteiger partial charge in [0.25, 0.3) is 11.5 Å². The largest absolute Gasteiger partial charge is 0.493 e. The summed E-state index contributed by atoms with van der Waals surface area (Å²) >= 11 is 1.82. The van der Waals surface area contributed by atoms with E-state index in [1.54, 1.807) is 31.9 Å². The number of carbonyl (C=O) groups is 1. The molecule has 1 aliphatic heterocycles. The van der Waals surface area contributed by atoms with Crippen LogP contribution in [0.4, 0.5) is 0 Å². The smallest absolute Gasteiger partial charge is 0.263 e. The van der Waals surface area contributed by atoms with Gasteiger partial charge < -0.3 is 19.4 Å². The maximum atomic E-state index is 12.9. The molecule has 6 nitrogen and oxygen atoms in total. The minimum absolute atomic E-state index is 0.150. The number of aromatic nitrogens is 1. The molecule has 0 radical (unpaired) electrons. The predicted octanol–water partition coefficient (Wildman–Crippen LogP) is 2.65. The molecule has 28 heavy (non-hydrogen) atoms. The molecule has 2 heterocycles. The molecule has 0 spiro atoms. The van der Waals surface area contributed by atoms with Crippen LogP contribution in [0.3, 0.4) is 0 Å². The first-order valence-corrected chi connectivity index (χ1v) is 10.5. The number of pyridine rings is 1. The van der Waals surface area contributed by atoms with Crippen LogP contribution in [0.15, 0.2) is 35.3 Å².